The Morgan fingerprint density at radius 3 is 2.65 bits per heavy atom. The van der Waals surface area contributed by atoms with Crippen LogP contribution >= 0.6 is 0 Å². The molecule has 1 aromatic heterocycles. The monoisotopic (exact) mass is 235 g/mol. The average molecular weight is 235 g/mol. The molecule has 0 aliphatic rings. The molecule has 2 rings (SSSR count). The number of nitrogens with one attached hydrogen (secondary N) is 1. The Bertz CT molecular complexity index is 502. The summed E-state index contributed by atoms with van der Waals surface area (Å²) in [7, 11) is 0. The summed E-state index contributed by atoms with van der Waals surface area (Å²) in [5.41, 5.74) is 3.48. The van der Waals surface area contributed by atoms with Crippen LogP contribution in [0.2, 0.25) is 0 Å². The minimum Gasteiger partial charge on any atom is -0.271 e. The van der Waals surface area contributed by atoms with Gasteiger partial charge in [0.15, 0.2) is 0 Å². The number of nitrogens with zero attached hydrogens (tertiary/aromatic N) is 1. The minimum absolute atomic E-state index is 0.280. The third kappa shape index (κ3) is 2.46. The van der Waals surface area contributed by atoms with Crippen LogP contribution in [-0.4, -0.2) is 4.98 Å². The van der Waals surface area contributed by atoms with Crippen molar-refractivity contribution in [2.45, 2.75) is 6.04 Å². The molecule has 17 heavy (non-hydrogen) atoms. The molecule has 3 nitrogen and oxygen atoms in total. The van der Waals surface area contributed by atoms with Crippen LogP contribution in [0.5, 0.6) is 0 Å². The van der Waals surface area contributed by atoms with E-state index in [1.807, 2.05) is 0 Å². The number of hydrogen-bond donors (Lipinski definition) is 2. The molecule has 88 valence electrons. The van der Waals surface area contributed by atoms with Gasteiger partial charge in [0, 0.05) is 24.0 Å². The number of halogens is 2. The van der Waals surface area contributed by atoms with Crippen molar-refractivity contribution in [1.82, 2.24) is 10.4 Å². The molecular formula is C12H11F2N3. The Balaban J connectivity index is 2.42. The van der Waals surface area contributed by atoms with Crippen molar-refractivity contribution in [2.24, 2.45) is 5.84 Å². The van der Waals surface area contributed by atoms with Crippen LogP contribution in [0.25, 0.3) is 0 Å². The predicted octanol–water partition coefficient (Wildman–Crippen LogP) is 1.91. The fourth-order valence-electron chi connectivity index (χ4n) is 1.65. The van der Waals surface area contributed by atoms with Crippen LogP contribution < -0.4 is 11.3 Å². The minimum atomic E-state index is -0.642. The van der Waals surface area contributed by atoms with Crippen LogP contribution in [0.4, 0.5) is 8.78 Å². The highest BCUT2D eigenvalue weighted by Crippen LogP contribution is 2.23. The molecule has 1 heterocycles. The van der Waals surface area contributed by atoms with E-state index in [2.05, 4.69) is 10.4 Å². The molecule has 5 heteroatoms. The Morgan fingerprint density at radius 2 is 2.06 bits per heavy atom. The van der Waals surface area contributed by atoms with Gasteiger partial charge in [-0.3, -0.25) is 10.8 Å². The summed E-state index contributed by atoms with van der Waals surface area (Å²) in [4.78, 5) is 3.93. The van der Waals surface area contributed by atoms with Crippen molar-refractivity contribution < 1.29 is 8.78 Å². The maximum atomic E-state index is 13.6. The summed E-state index contributed by atoms with van der Waals surface area (Å²) in [6.07, 6.45) is 3.19. The highest BCUT2D eigenvalue weighted by atomic mass is 19.1. The van der Waals surface area contributed by atoms with Gasteiger partial charge in [-0.15, -0.1) is 0 Å². The summed E-state index contributed by atoms with van der Waals surface area (Å²) in [5, 5.41) is 0. The molecule has 0 aliphatic heterocycles. The zero-order valence-corrected chi connectivity index (χ0v) is 8.90. The lowest BCUT2D eigenvalue weighted by atomic mass is 10.0. The van der Waals surface area contributed by atoms with Gasteiger partial charge in [-0.05, 0) is 17.7 Å². The fourth-order valence-corrected chi connectivity index (χ4v) is 1.65. The van der Waals surface area contributed by atoms with Gasteiger partial charge < -0.3 is 0 Å². The Kier molecular flexibility index (Phi) is 3.41. The summed E-state index contributed by atoms with van der Waals surface area (Å²) in [6, 6.07) is 6.32. The topological polar surface area (TPSA) is 50.9 Å². The van der Waals surface area contributed by atoms with Gasteiger partial charge in [0.1, 0.15) is 11.6 Å². The van der Waals surface area contributed by atoms with E-state index in [1.54, 1.807) is 24.5 Å². The lowest BCUT2D eigenvalue weighted by Crippen LogP contribution is -2.29. The molecule has 0 radical (unpaired) electrons. The van der Waals surface area contributed by atoms with Crippen LogP contribution in [-0.2, 0) is 0 Å². The van der Waals surface area contributed by atoms with Crippen molar-refractivity contribution in [1.29, 1.82) is 0 Å². The first kappa shape index (κ1) is 11.6. The fraction of sp³-hybridized carbons (Fsp3) is 0.0833. The highest BCUT2D eigenvalue weighted by molar-refractivity contribution is 5.31. The maximum absolute atomic E-state index is 13.6. The van der Waals surface area contributed by atoms with Crippen LogP contribution in [0, 0.1) is 11.6 Å². The van der Waals surface area contributed by atoms with Crippen molar-refractivity contribution in [2.75, 3.05) is 0 Å². The molecule has 3 N–H and O–H groups in total. The van der Waals surface area contributed by atoms with Gasteiger partial charge in [-0.1, -0.05) is 12.1 Å². The highest BCUT2D eigenvalue weighted by Gasteiger charge is 2.16. The molecule has 1 aromatic carbocycles. The van der Waals surface area contributed by atoms with Gasteiger partial charge in [0.05, 0.1) is 6.04 Å². The number of hydrazine groups is 1. The first-order chi connectivity index (χ1) is 8.22. The summed E-state index contributed by atoms with van der Waals surface area (Å²) >= 11 is 0. The molecule has 2 aromatic rings. The lowest BCUT2D eigenvalue weighted by Gasteiger charge is -2.17. The third-order valence-electron chi connectivity index (χ3n) is 2.46. The maximum Gasteiger partial charge on any atom is 0.131 e. The molecule has 1 unspecified atom stereocenters. The van der Waals surface area contributed by atoms with Crippen molar-refractivity contribution in [3.8, 4) is 0 Å². The molecule has 0 aliphatic carbocycles. The van der Waals surface area contributed by atoms with Crippen LogP contribution in [0.3, 0.4) is 0 Å². The molecule has 0 saturated carbocycles. The summed E-state index contributed by atoms with van der Waals surface area (Å²) in [5.74, 6) is 4.15. The Hall–Kier alpha value is -1.85. The zero-order valence-electron chi connectivity index (χ0n) is 8.90. The summed E-state index contributed by atoms with van der Waals surface area (Å²) in [6.45, 7) is 0. The second kappa shape index (κ2) is 4.99. The average Bonchev–Trinajstić information content (AvgIpc) is 2.34. The zero-order chi connectivity index (χ0) is 12.3. The summed E-state index contributed by atoms with van der Waals surface area (Å²) < 4.78 is 26.4. The quantitative estimate of drug-likeness (QED) is 0.631. The van der Waals surface area contributed by atoms with Gasteiger partial charge >= 0.3 is 0 Å². The SMILES string of the molecule is NNC(c1cccnc1)c1ccc(F)cc1F. The van der Waals surface area contributed by atoms with Gasteiger partial charge in [-0.25, -0.2) is 14.2 Å². The second-order valence-electron chi connectivity index (χ2n) is 3.55. The predicted molar refractivity (Wildman–Crippen MR) is 59.8 cm³/mol. The Labute approximate surface area is 97.3 Å². The van der Waals surface area contributed by atoms with E-state index in [9.17, 15) is 8.78 Å². The Morgan fingerprint density at radius 1 is 1.24 bits per heavy atom. The number of rotatable bonds is 3. The molecule has 0 amide bonds. The van der Waals surface area contributed by atoms with E-state index in [4.69, 9.17) is 5.84 Å². The van der Waals surface area contributed by atoms with E-state index in [0.717, 1.165) is 6.07 Å². The number of benzene rings is 1. The van der Waals surface area contributed by atoms with E-state index >= 15 is 0 Å². The third-order valence-corrected chi connectivity index (χ3v) is 2.46. The molecule has 0 spiro atoms. The normalized spacial score (nSPS) is 12.4. The first-order valence-corrected chi connectivity index (χ1v) is 5.03. The molecular weight excluding hydrogens is 224 g/mol. The van der Waals surface area contributed by atoms with E-state index in [0.29, 0.717) is 5.56 Å². The van der Waals surface area contributed by atoms with Gasteiger partial charge in [-0.2, -0.15) is 0 Å². The molecule has 0 bridgehead atoms. The first-order valence-electron chi connectivity index (χ1n) is 5.03. The number of pyridine rings is 1. The molecule has 1 atom stereocenters. The van der Waals surface area contributed by atoms with E-state index in [-0.39, 0.29) is 5.56 Å². The number of nitrogens with two attached hydrogens (primary N) is 1. The lowest BCUT2D eigenvalue weighted by molar-refractivity contribution is 0.541. The van der Waals surface area contributed by atoms with Crippen molar-refractivity contribution >= 4 is 0 Å². The van der Waals surface area contributed by atoms with Crippen LogP contribution in [0.1, 0.15) is 17.2 Å². The number of hydrogen-bond acceptors (Lipinski definition) is 3. The van der Waals surface area contributed by atoms with Crippen molar-refractivity contribution in [3.05, 3.63) is 65.5 Å². The second-order valence-corrected chi connectivity index (χ2v) is 3.55. The largest absolute Gasteiger partial charge is 0.271 e. The van der Waals surface area contributed by atoms with Gasteiger partial charge in [0.2, 0.25) is 0 Å². The number of aromatic nitrogens is 1. The molecule has 0 fully saturated rings. The van der Waals surface area contributed by atoms with Crippen molar-refractivity contribution in [3.63, 3.8) is 0 Å². The molecule has 0 saturated heterocycles. The standard InChI is InChI=1S/C12H11F2N3/c13-9-3-4-10(11(14)6-9)12(17-15)8-2-1-5-16-7-8/h1-7,12,17H,15H2. The van der Waals surface area contributed by atoms with E-state index in [1.165, 1.54) is 12.1 Å². The van der Waals surface area contributed by atoms with E-state index < -0.39 is 17.7 Å². The van der Waals surface area contributed by atoms with Gasteiger partial charge in [0.25, 0.3) is 0 Å². The smallest absolute Gasteiger partial charge is 0.131 e. The van der Waals surface area contributed by atoms with Crippen LogP contribution in [0.15, 0.2) is 42.7 Å².